The Morgan fingerprint density at radius 2 is 1.62 bits per heavy atom. The Balaban J connectivity index is 1.78. The van der Waals surface area contributed by atoms with Gasteiger partial charge in [0.25, 0.3) is 0 Å². The predicted molar refractivity (Wildman–Crippen MR) is 105 cm³/mol. The number of fused-ring (bicyclic) bond motifs is 1. The molecule has 0 aliphatic rings. The van der Waals surface area contributed by atoms with E-state index in [2.05, 4.69) is 58.0 Å². The Morgan fingerprint density at radius 3 is 2.31 bits per heavy atom. The molecule has 5 nitrogen and oxygen atoms in total. The number of imidazole rings is 1. The van der Waals surface area contributed by atoms with E-state index < -0.39 is 0 Å². The highest BCUT2D eigenvalue weighted by Gasteiger charge is 2.18. The van der Waals surface area contributed by atoms with Crippen LogP contribution in [0.5, 0.6) is 0 Å². The van der Waals surface area contributed by atoms with Crippen molar-refractivity contribution in [1.82, 2.24) is 19.5 Å². The van der Waals surface area contributed by atoms with Gasteiger partial charge in [0.15, 0.2) is 17.0 Å². The maximum absolute atomic E-state index is 4.89. The number of benzene rings is 2. The van der Waals surface area contributed by atoms with Gasteiger partial charge in [0.2, 0.25) is 0 Å². The zero-order valence-corrected chi connectivity index (χ0v) is 14.9. The molecule has 130 valence electrons. The first-order valence-corrected chi connectivity index (χ1v) is 8.80. The maximum Gasteiger partial charge on any atom is 0.166 e. The van der Waals surface area contributed by atoms with Crippen LogP contribution in [0.2, 0.25) is 0 Å². The zero-order chi connectivity index (χ0) is 17.9. The molecule has 0 saturated heterocycles. The minimum atomic E-state index is 0.243. The first kappa shape index (κ1) is 16.3. The van der Waals surface area contributed by atoms with Crippen molar-refractivity contribution in [3.8, 4) is 11.4 Å². The van der Waals surface area contributed by atoms with E-state index in [-0.39, 0.29) is 6.04 Å². The molecule has 0 amide bonds. The van der Waals surface area contributed by atoms with Crippen LogP contribution in [-0.4, -0.2) is 19.5 Å². The summed E-state index contributed by atoms with van der Waals surface area (Å²) < 4.78 is 2.17. The van der Waals surface area contributed by atoms with E-state index in [0.29, 0.717) is 6.54 Å². The van der Waals surface area contributed by atoms with E-state index in [1.54, 1.807) is 6.33 Å². The van der Waals surface area contributed by atoms with Gasteiger partial charge in [-0.2, -0.15) is 0 Å². The van der Waals surface area contributed by atoms with Gasteiger partial charge in [0.05, 0.1) is 0 Å². The maximum atomic E-state index is 4.89. The zero-order valence-electron chi connectivity index (χ0n) is 14.9. The fraction of sp³-hybridized carbons (Fsp3) is 0.190. The Kier molecular flexibility index (Phi) is 4.35. The van der Waals surface area contributed by atoms with Crippen molar-refractivity contribution in [2.45, 2.75) is 26.4 Å². The summed E-state index contributed by atoms with van der Waals surface area (Å²) in [6.45, 7) is 4.99. The van der Waals surface area contributed by atoms with Crippen LogP contribution >= 0.6 is 0 Å². The second-order valence-electron chi connectivity index (χ2n) is 6.50. The van der Waals surface area contributed by atoms with E-state index in [1.807, 2.05) is 36.4 Å². The summed E-state index contributed by atoms with van der Waals surface area (Å²) in [6, 6.07) is 20.7. The lowest BCUT2D eigenvalue weighted by Crippen LogP contribution is -2.05. The molecule has 0 radical (unpaired) electrons. The van der Waals surface area contributed by atoms with E-state index in [0.717, 1.165) is 28.4 Å². The number of hydrogen-bond donors (Lipinski definition) is 1. The van der Waals surface area contributed by atoms with Crippen molar-refractivity contribution in [3.05, 3.63) is 72.6 Å². The smallest absolute Gasteiger partial charge is 0.166 e. The van der Waals surface area contributed by atoms with Gasteiger partial charge in [-0.25, -0.2) is 15.0 Å². The minimum Gasteiger partial charge on any atom is -0.364 e. The molecule has 0 spiro atoms. The van der Waals surface area contributed by atoms with Crippen LogP contribution in [0.25, 0.3) is 22.6 Å². The van der Waals surface area contributed by atoms with Gasteiger partial charge in [-0.3, -0.25) is 0 Å². The number of hydrogen-bond acceptors (Lipinski definition) is 4. The average molecular weight is 343 g/mol. The van der Waals surface area contributed by atoms with E-state index >= 15 is 0 Å². The highest BCUT2D eigenvalue weighted by Crippen LogP contribution is 2.29. The van der Waals surface area contributed by atoms with Gasteiger partial charge in [-0.1, -0.05) is 60.7 Å². The molecule has 2 aromatic heterocycles. The second kappa shape index (κ2) is 6.96. The molecule has 0 bridgehead atoms. The highest BCUT2D eigenvalue weighted by molar-refractivity contribution is 5.86. The first-order chi connectivity index (χ1) is 12.7. The minimum absolute atomic E-state index is 0.243. The molecule has 0 atom stereocenters. The Hall–Kier alpha value is -3.21. The lowest BCUT2D eigenvalue weighted by molar-refractivity contribution is 0.619. The summed E-state index contributed by atoms with van der Waals surface area (Å²) >= 11 is 0. The van der Waals surface area contributed by atoms with E-state index in [4.69, 9.17) is 4.98 Å². The summed E-state index contributed by atoms with van der Waals surface area (Å²) in [5.74, 6) is 1.68. The van der Waals surface area contributed by atoms with Gasteiger partial charge >= 0.3 is 0 Å². The third kappa shape index (κ3) is 3.04. The second-order valence-corrected chi connectivity index (χ2v) is 6.50. The molecule has 26 heavy (non-hydrogen) atoms. The van der Waals surface area contributed by atoms with Crippen LogP contribution in [-0.2, 0) is 6.54 Å². The quantitative estimate of drug-likeness (QED) is 0.571. The topological polar surface area (TPSA) is 55.6 Å². The molecular formula is C21H21N5. The van der Waals surface area contributed by atoms with Crippen molar-refractivity contribution in [1.29, 1.82) is 0 Å². The van der Waals surface area contributed by atoms with Gasteiger partial charge in [-0.05, 0) is 19.4 Å². The van der Waals surface area contributed by atoms with E-state index in [1.165, 1.54) is 5.56 Å². The fourth-order valence-corrected chi connectivity index (χ4v) is 3.10. The van der Waals surface area contributed by atoms with Crippen LogP contribution < -0.4 is 5.32 Å². The highest BCUT2D eigenvalue weighted by atomic mass is 15.2. The van der Waals surface area contributed by atoms with Crippen molar-refractivity contribution >= 4 is 17.0 Å². The van der Waals surface area contributed by atoms with Gasteiger partial charge < -0.3 is 9.88 Å². The molecule has 0 fully saturated rings. The van der Waals surface area contributed by atoms with Crippen LogP contribution in [0.3, 0.4) is 0 Å². The number of nitrogens with zero attached hydrogens (tertiary/aromatic N) is 4. The number of rotatable bonds is 5. The Bertz CT molecular complexity index is 1010. The Morgan fingerprint density at radius 1 is 0.923 bits per heavy atom. The molecule has 0 aliphatic heterocycles. The summed E-state index contributed by atoms with van der Waals surface area (Å²) in [6.07, 6.45) is 1.60. The Labute approximate surface area is 152 Å². The summed E-state index contributed by atoms with van der Waals surface area (Å²) in [5, 5.41) is 3.41. The molecule has 0 saturated carbocycles. The number of aromatic nitrogens is 4. The summed E-state index contributed by atoms with van der Waals surface area (Å²) in [5.41, 5.74) is 3.93. The molecule has 2 heterocycles. The molecule has 0 aliphatic carbocycles. The van der Waals surface area contributed by atoms with Crippen molar-refractivity contribution in [2.75, 3.05) is 5.32 Å². The lowest BCUT2D eigenvalue weighted by Gasteiger charge is -2.12. The monoisotopic (exact) mass is 343 g/mol. The lowest BCUT2D eigenvalue weighted by atomic mass is 10.2. The third-order valence-electron chi connectivity index (χ3n) is 4.33. The normalized spacial score (nSPS) is 11.2. The molecule has 1 N–H and O–H groups in total. The summed E-state index contributed by atoms with van der Waals surface area (Å²) in [4.78, 5) is 13.8. The largest absolute Gasteiger partial charge is 0.364 e. The average Bonchev–Trinajstić information content (AvgIpc) is 3.08. The SMILES string of the molecule is CC(C)n1c(-c2ccccc2)nc2c(NCc3ccccc3)ncnc21. The van der Waals surface area contributed by atoms with Gasteiger partial charge in [0.1, 0.15) is 12.2 Å². The molecule has 0 unspecified atom stereocenters. The number of anilines is 1. The summed E-state index contributed by atoms with van der Waals surface area (Å²) in [7, 11) is 0. The van der Waals surface area contributed by atoms with Crippen molar-refractivity contribution in [2.24, 2.45) is 0 Å². The van der Waals surface area contributed by atoms with E-state index in [9.17, 15) is 0 Å². The predicted octanol–water partition coefficient (Wildman–Crippen LogP) is 4.69. The molecule has 4 aromatic rings. The first-order valence-electron chi connectivity index (χ1n) is 8.80. The molecule has 4 rings (SSSR count). The number of nitrogens with one attached hydrogen (secondary N) is 1. The van der Waals surface area contributed by atoms with Crippen molar-refractivity contribution in [3.63, 3.8) is 0 Å². The molecular weight excluding hydrogens is 322 g/mol. The van der Waals surface area contributed by atoms with Gasteiger partial charge in [0, 0.05) is 18.2 Å². The van der Waals surface area contributed by atoms with Crippen molar-refractivity contribution < 1.29 is 0 Å². The third-order valence-corrected chi connectivity index (χ3v) is 4.33. The van der Waals surface area contributed by atoms with Gasteiger partial charge in [-0.15, -0.1) is 0 Å². The molecule has 2 aromatic carbocycles. The van der Waals surface area contributed by atoms with Crippen LogP contribution in [0.15, 0.2) is 67.0 Å². The van der Waals surface area contributed by atoms with Crippen LogP contribution in [0.4, 0.5) is 5.82 Å². The van der Waals surface area contributed by atoms with Crippen LogP contribution in [0, 0.1) is 0 Å². The molecule has 5 heteroatoms. The fourth-order valence-electron chi connectivity index (χ4n) is 3.10. The standard InChI is InChI=1S/C21H21N5/c1-15(2)26-20(17-11-7-4-8-12-17)25-18-19(23-14-24-21(18)26)22-13-16-9-5-3-6-10-16/h3-12,14-15H,13H2,1-2H3,(H,22,23,24). The van der Waals surface area contributed by atoms with Crippen LogP contribution in [0.1, 0.15) is 25.5 Å².